The fraction of sp³-hybridized carbons (Fsp3) is 0.444. The van der Waals surface area contributed by atoms with Gasteiger partial charge >= 0.3 is 5.97 Å². The zero-order chi connectivity index (χ0) is 22.6. The van der Waals surface area contributed by atoms with Crippen LogP contribution in [0.25, 0.3) is 10.9 Å². The molecule has 1 unspecified atom stereocenters. The Morgan fingerprint density at radius 1 is 1.06 bits per heavy atom. The second-order valence-corrected chi connectivity index (χ2v) is 9.21. The molecule has 0 amide bonds. The molecule has 6 nitrogen and oxygen atoms in total. The number of ether oxygens (including phenoxy) is 2. The minimum atomic E-state index is -0.866. The smallest absolute Gasteiger partial charge is 0.335 e. The maximum atomic E-state index is 11.3. The van der Waals surface area contributed by atoms with Gasteiger partial charge in [0.2, 0.25) is 0 Å². The number of fused-ring (bicyclic) bond motifs is 1. The highest BCUT2D eigenvalue weighted by molar-refractivity contribution is 5.87. The van der Waals surface area contributed by atoms with Crippen molar-refractivity contribution in [3.63, 3.8) is 0 Å². The molecule has 0 saturated carbocycles. The molecule has 2 aromatic carbocycles. The van der Waals surface area contributed by atoms with Crippen LogP contribution in [0.4, 0.5) is 0 Å². The van der Waals surface area contributed by atoms with Crippen molar-refractivity contribution in [1.29, 1.82) is 0 Å². The quantitative estimate of drug-likeness (QED) is 0.576. The van der Waals surface area contributed by atoms with Gasteiger partial charge in [-0.05, 0) is 67.6 Å². The summed E-state index contributed by atoms with van der Waals surface area (Å²) in [4.78, 5) is 13.7. The van der Waals surface area contributed by atoms with Crippen LogP contribution in [0.5, 0.6) is 0 Å². The lowest BCUT2D eigenvalue weighted by Crippen LogP contribution is -2.32. The Balaban J connectivity index is 1.24. The highest BCUT2D eigenvalue weighted by atomic mass is 16.6. The molecule has 0 bridgehead atoms. The van der Waals surface area contributed by atoms with Crippen molar-refractivity contribution in [1.82, 2.24) is 9.47 Å². The first-order chi connectivity index (χ1) is 16.2. The van der Waals surface area contributed by atoms with E-state index in [9.17, 15) is 9.90 Å². The van der Waals surface area contributed by atoms with Crippen LogP contribution in [0.2, 0.25) is 0 Å². The number of carboxylic acids is 1. The lowest BCUT2D eigenvalue weighted by atomic mass is 9.89. The topological polar surface area (TPSA) is 63.9 Å². The zero-order valence-corrected chi connectivity index (χ0v) is 19.0. The molecule has 3 aromatic rings. The summed E-state index contributed by atoms with van der Waals surface area (Å²) in [5.41, 5.74) is 4.19. The maximum absolute atomic E-state index is 11.3. The molecule has 1 N–H and O–H groups in total. The van der Waals surface area contributed by atoms with E-state index in [4.69, 9.17) is 9.47 Å². The fourth-order valence-corrected chi connectivity index (χ4v) is 5.23. The molecule has 2 aliphatic heterocycles. The molecule has 33 heavy (non-hydrogen) atoms. The average Bonchev–Trinajstić information content (AvgIpc) is 3.23. The molecule has 0 radical (unpaired) electrons. The molecule has 174 valence electrons. The Kier molecular flexibility index (Phi) is 6.76. The summed E-state index contributed by atoms with van der Waals surface area (Å²) in [5.74, 6) is -0.318. The van der Waals surface area contributed by atoms with Crippen molar-refractivity contribution in [2.45, 2.75) is 44.4 Å². The van der Waals surface area contributed by atoms with Gasteiger partial charge in [-0.3, -0.25) is 4.90 Å². The summed E-state index contributed by atoms with van der Waals surface area (Å²) in [7, 11) is 0. The van der Waals surface area contributed by atoms with Crippen molar-refractivity contribution in [3.05, 3.63) is 71.4 Å². The largest absolute Gasteiger partial charge is 0.478 e. The Morgan fingerprint density at radius 3 is 2.70 bits per heavy atom. The summed E-state index contributed by atoms with van der Waals surface area (Å²) in [5, 5.41) is 10.6. The first kappa shape index (κ1) is 22.1. The molecular formula is C27H32N2O4. The third-order valence-corrected chi connectivity index (χ3v) is 7.00. The van der Waals surface area contributed by atoms with Gasteiger partial charge in [0.05, 0.1) is 31.5 Å². The van der Waals surface area contributed by atoms with E-state index in [0.29, 0.717) is 31.3 Å². The van der Waals surface area contributed by atoms with Gasteiger partial charge in [0, 0.05) is 30.2 Å². The molecule has 2 saturated heterocycles. The van der Waals surface area contributed by atoms with Gasteiger partial charge in [-0.15, -0.1) is 0 Å². The summed E-state index contributed by atoms with van der Waals surface area (Å²) < 4.78 is 13.8. The Labute approximate surface area is 194 Å². The Bertz CT molecular complexity index is 1090. The molecule has 0 aliphatic carbocycles. The van der Waals surface area contributed by atoms with Crippen LogP contribution in [-0.4, -0.2) is 59.6 Å². The normalized spacial score (nSPS) is 20.3. The number of para-hydroxylation sites is 1. The second-order valence-electron chi connectivity index (χ2n) is 9.21. The van der Waals surface area contributed by atoms with E-state index >= 15 is 0 Å². The zero-order valence-electron chi connectivity index (χ0n) is 19.0. The number of aromatic carboxylic acids is 1. The predicted octanol–water partition coefficient (Wildman–Crippen LogP) is 4.52. The van der Waals surface area contributed by atoms with Crippen LogP contribution in [-0.2, 0) is 22.6 Å². The maximum Gasteiger partial charge on any atom is 0.335 e. The highest BCUT2D eigenvalue weighted by Gasteiger charge is 2.24. The monoisotopic (exact) mass is 448 g/mol. The number of hydrogen-bond donors (Lipinski definition) is 1. The Hall–Kier alpha value is -2.67. The minimum absolute atomic E-state index is 0.186. The van der Waals surface area contributed by atoms with Gasteiger partial charge in [0.15, 0.2) is 0 Å². The second kappa shape index (κ2) is 10.1. The van der Waals surface area contributed by atoms with E-state index in [1.807, 2.05) is 12.1 Å². The number of aryl methyl sites for hydroxylation is 1. The molecule has 5 rings (SSSR count). The van der Waals surface area contributed by atoms with Crippen molar-refractivity contribution in [2.24, 2.45) is 0 Å². The first-order valence-corrected chi connectivity index (χ1v) is 12.0. The fourth-order valence-electron chi connectivity index (χ4n) is 5.23. The van der Waals surface area contributed by atoms with Crippen molar-refractivity contribution < 1.29 is 19.4 Å². The van der Waals surface area contributed by atoms with E-state index in [-0.39, 0.29) is 6.10 Å². The summed E-state index contributed by atoms with van der Waals surface area (Å²) in [6.45, 7) is 5.88. The van der Waals surface area contributed by atoms with E-state index in [1.54, 1.807) is 12.1 Å². The van der Waals surface area contributed by atoms with Gasteiger partial charge in [0.1, 0.15) is 0 Å². The van der Waals surface area contributed by atoms with Gasteiger partial charge in [-0.1, -0.05) is 30.3 Å². The Morgan fingerprint density at radius 2 is 1.91 bits per heavy atom. The van der Waals surface area contributed by atoms with Crippen molar-refractivity contribution >= 4 is 16.9 Å². The van der Waals surface area contributed by atoms with Gasteiger partial charge in [0.25, 0.3) is 0 Å². The van der Waals surface area contributed by atoms with Gasteiger partial charge < -0.3 is 19.1 Å². The molecule has 6 heteroatoms. The van der Waals surface area contributed by atoms with Crippen LogP contribution in [0.1, 0.15) is 46.7 Å². The average molecular weight is 449 g/mol. The number of hydrogen-bond acceptors (Lipinski definition) is 4. The summed E-state index contributed by atoms with van der Waals surface area (Å²) >= 11 is 0. The SMILES string of the molecule is O=C(O)c1cccc(CN2CCC(c3cn(CCC4COCCO4)c4ccccc34)CC2)c1. The van der Waals surface area contributed by atoms with E-state index in [2.05, 4.69) is 39.9 Å². The van der Waals surface area contributed by atoms with Crippen LogP contribution < -0.4 is 0 Å². The number of rotatable bonds is 7. The van der Waals surface area contributed by atoms with E-state index in [0.717, 1.165) is 51.0 Å². The summed E-state index contributed by atoms with van der Waals surface area (Å²) in [6.07, 6.45) is 5.75. The third kappa shape index (κ3) is 5.13. The predicted molar refractivity (Wildman–Crippen MR) is 128 cm³/mol. The number of carboxylic acid groups (broad SMARTS) is 1. The molecular weight excluding hydrogens is 416 g/mol. The molecule has 1 atom stereocenters. The number of aromatic nitrogens is 1. The minimum Gasteiger partial charge on any atom is -0.478 e. The molecule has 0 spiro atoms. The lowest BCUT2D eigenvalue weighted by Gasteiger charge is -2.32. The first-order valence-electron chi connectivity index (χ1n) is 12.0. The van der Waals surface area contributed by atoms with Crippen LogP contribution in [0.15, 0.2) is 54.7 Å². The van der Waals surface area contributed by atoms with E-state index in [1.165, 1.54) is 16.5 Å². The van der Waals surface area contributed by atoms with Crippen LogP contribution in [0.3, 0.4) is 0 Å². The van der Waals surface area contributed by atoms with Crippen LogP contribution >= 0.6 is 0 Å². The number of carbonyl (C=O) groups is 1. The van der Waals surface area contributed by atoms with Crippen LogP contribution in [0, 0.1) is 0 Å². The standard InChI is InChI=1S/C27H32N2O4/c30-27(31)22-5-3-4-20(16-22)17-28-11-8-21(9-12-28)25-18-29(26-7-2-1-6-24(25)26)13-10-23-19-32-14-15-33-23/h1-7,16,18,21,23H,8-15,17,19H2,(H,30,31). The molecule has 2 aliphatic rings. The number of benzene rings is 2. The van der Waals surface area contributed by atoms with Crippen molar-refractivity contribution in [2.75, 3.05) is 32.9 Å². The summed E-state index contributed by atoms with van der Waals surface area (Å²) in [6, 6.07) is 16.0. The molecule has 3 heterocycles. The van der Waals surface area contributed by atoms with Crippen molar-refractivity contribution in [3.8, 4) is 0 Å². The third-order valence-electron chi connectivity index (χ3n) is 7.00. The number of likely N-dealkylation sites (tertiary alicyclic amines) is 1. The number of nitrogens with zero attached hydrogens (tertiary/aromatic N) is 2. The van der Waals surface area contributed by atoms with Gasteiger partial charge in [-0.25, -0.2) is 4.79 Å². The molecule has 1 aromatic heterocycles. The lowest BCUT2D eigenvalue weighted by molar-refractivity contribution is -0.0916. The van der Waals surface area contributed by atoms with Gasteiger partial charge in [-0.2, -0.15) is 0 Å². The number of piperidine rings is 1. The highest BCUT2D eigenvalue weighted by Crippen LogP contribution is 2.35. The van der Waals surface area contributed by atoms with E-state index < -0.39 is 5.97 Å². The molecule has 2 fully saturated rings.